The average molecular weight is 589 g/mol. The van der Waals surface area contributed by atoms with Crippen LogP contribution in [-0.4, -0.2) is 37.5 Å². The lowest BCUT2D eigenvalue weighted by Crippen LogP contribution is -2.28. The fourth-order valence-corrected chi connectivity index (χ4v) is 5.01. The van der Waals surface area contributed by atoms with Crippen molar-refractivity contribution in [2.45, 2.75) is 90.3 Å². The third-order valence-electron chi connectivity index (χ3n) is 7.51. The van der Waals surface area contributed by atoms with Crippen LogP contribution >= 0.6 is 0 Å². The number of benzene rings is 3. The van der Waals surface area contributed by atoms with Crippen LogP contribution in [0.4, 0.5) is 4.79 Å². The van der Waals surface area contributed by atoms with Gasteiger partial charge in [-0.05, 0) is 72.5 Å². The topological polar surface area (TPSA) is 80.3 Å². The van der Waals surface area contributed by atoms with Crippen molar-refractivity contribution in [3.8, 4) is 28.4 Å². The first-order valence-electron chi connectivity index (χ1n) is 15.7. The molecule has 7 nitrogen and oxygen atoms in total. The number of cyclic esters (lactones) is 2. The number of esters is 1. The van der Waals surface area contributed by atoms with Crippen molar-refractivity contribution < 1.29 is 33.3 Å². The first kappa shape index (κ1) is 31.9. The summed E-state index contributed by atoms with van der Waals surface area (Å²) in [5.74, 6) is 1.50. The standard InChI is InChI=1S/C36H44O7/c1-3-5-6-7-8-9-10-11-25-39-30-21-17-29(18-22-30)35(37)41-32-23-15-28(16-24-32)27-13-19-31(20-14-27)40-26-34-33(12-4-2)42-36(38)43-34/h13-24,33-34H,3-12,25-26H2,1-2H3. The van der Waals surface area contributed by atoms with Crippen LogP contribution in [0.3, 0.4) is 0 Å². The minimum absolute atomic E-state index is 0.241. The summed E-state index contributed by atoms with van der Waals surface area (Å²) in [7, 11) is 0. The summed E-state index contributed by atoms with van der Waals surface area (Å²) in [6.45, 7) is 5.20. The van der Waals surface area contributed by atoms with E-state index in [1.54, 1.807) is 24.3 Å². The Morgan fingerprint density at radius 1 is 0.628 bits per heavy atom. The van der Waals surface area contributed by atoms with Gasteiger partial charge in [-0.2, -0.15) is 0 Å². The van der Waals surface area contributed by atoms with Gasteiger partial charge in [0.2, 0.25) is 0 Å². The number of ether oxygens (including phenoxy) is 5. The van der Waals surface area contributed by atoms with Gasteiger partial charge >= 0.3 is 12.1 Å². The summed E-state index contributed by atoms with van der Waals surface area (Å²) in [5, 5.41) is 0. The highest BCUT2D eigenvalue weighted by Gasteiger charge is 2.36. The summed E-state index contributed by atoms with van der Waals surface area (Å²) in [4.78, 5) is 24.1. The van der Waals surface area contributed by atoms with Crippen LogP contribution in [-0.2, 0) is 9.47 Å². The molecular formula is C36H44O7. The molecule has 2 atom stereocenters. The molecule has 0 aromatic heterocycles. The van der Waals surface area contributed by atoms with E-state index in [2.05, 4.69) is 6.92 Å². The highest BCUT2D eigenvalue weighted by molar-refractivity contribution is 5.91. The minimum atomic E-state index is -0.636. The largest absolute Gasteiger partial charge is 0.509 e. The summed E-state index contributed by atoms with van der Waals surface area (Å²) in [6.07, 6.45) is 10.4. The Morgan fingerprint density at radius 3 is 1.79 bits per heavy atom. The van der Waals surface area contributed by atoms with Crippen LogP contribution in [0.15, 0.2) is 72.8 Å². The predicted molar refractivity (Wildman–Crippen MR) is 167 cm³/mol. The maximum absolute atomic E-state index is 12.7. The number of hydrogen-bond donors (Lipinski definition) is 0. The van der Waals surface area contributed by atoms with Gasteiger partial charge in [-0.3, -0.25) is 0 Å². The second-order valence-electron chi connectivity index (χ2n) is 10.9. The summed E-state index contributed by atoms with van der Waals surface area (Å²) < 4.78 is 27.7. The van der Waals surface area contributed by atoms with E-state index in [-0.39, 0.29) is 12.7 Å². The molecule has 3 aromatic carbocycles. The second-order valence-corrected chi connectivity index (χ2v) is 10.9. The van der Waals surface area contributed by atoms with Crippen molar-refractivity contribution in [2.24, 2.45) is 0 Å². The summed E-state index contributed by atoms with van der Waals surface area (Å²) in [6, 6.07) is 22.1. The highest BCUT2D eigenvalue weighted by Crippen LogP contribution is 2.26. The molecule has 1 fully saturated rings. The van der Waals surface area contributed by atoms with Crippen molar-refractivity contribution in [3.63, 3.8) is 0 Å². The lowest BCUT2D eigenvalue weighted by molar-refractivity contribution is 0.0734. The van der Waals surface area contributed by atoms with Crippen molar-refractivity contribution in [1.29, 1.82) is 0 Å². The van der Waals surface area contributed by atoms with Crippen molar-refractivity contribution in [1.82, 2.24) is 0 Å². The molecule has 1 aliphatic heterocycles. The number of unbranched alkanes of at least 4 members (excludes halogenated alkanes) is 7. The molecule has 0 bridgehead atoms. The van der Waals surface area contributed by atoms with Crippen LogP contribution in [0.1, 0.15) is 88.4 Å². The monoisotopic (exact) mass is 588 g/mol. The maximum atomic E-state index is 12.7. The first-order valence-corrected chi connectivity index (χ1v) is 15.7. The molecule has 3 aromatic rings. The maximum Gasteiger partial charge on any atom is 0.509 e. The molecule has 230 valence electrons. The minimum Gasteiger partial charge on any atom is -0.494 e. The quantitative estimate of drug-likeness (QED) is 0.0832. The van der Waals surface area contributed by atoms with Gasteiger partial charge in [0.25, 0.3) is 0 Å². The van der Waals surface area contributed by atoms with E-state index in [9.17, 15) is 9.59 Å². The normalized spacial score (nSPS) is 15.9. The molecule has 43 heavy (non-hydrogen) atoms. The SMILES string of the molecule is CCCCCCCCCCOc1ccc(C(=O)Oc2ccc(-c3ccc(OCC4OC(=O)OC4CCC)cc3)cc2)cc1. The third-order valence-corrected chi connectivity index (χ3v) is 7.51. The van der Waals surface area contributed by atoms with E-state index in [1.807, 2.05) is 55.5 Å². The van der Waals surface area contributed by atoms with Crippen molar-refractivity contribution in [3.05, 3.63) is 78.4 Å². The highest BCUT2D eigenvalue weighted by atomic mass is 16.8. The Labute approximate surface area is 255 Å². The van der Waals surface area contributed by atoms with E-state index in [1.165, 1.54) is 44.9 Å². The molecule has 0 aliphatic carbocycles. The van der Waals surface area contributed by atoms with Crippen LogP contribution < -0.4 is 14.2 Å². The van der Waals surface area contributed by atoms with Gasteiger partial charge in [-0.25, -0.2) is 9.59 Å². The number of hydrogen-bond acceptors (Lipinski definition) is 7. The number of rotatable bonds is 18. The Hall–Kier alpha value is -4.00. The van der Waals surface area contributed by atoms with E-state index in [4.69, 9.17) is 23.7 Å². The molecule has 0 N–H and O–H groups in total. The molecule has 0 spiro atoms. The smallest absolute Gasteiger partial charge is 0.494 e. The fourth-order valence-electron chi connectivity index (χ4n) is 5.01. The van der Waals surface area contributed by atoms with Crippen LogP contribution in [0, 0.1) is 0 Å². The van der Waals surface area contributed by atoms with E-state index in [0.717, 1.165) is 36.1 Å². The van der Waals surface area contributed by atoms with Gasteiger partial charge in [0.1, 0.15) is 30.0 Å². The van der Waals surface area contributed by atoms with Crippen LogP contribution in [0.25, 0.3) is 11.1 Å². The fraction of sp³-hybridized carbons (Fsp3) is 0.444. The zero-order valence-corrected chi connectivity index (χ0v) is 25.4. The van der Waals surface area contributed by atoms with Crippen molar-refractivity contribution >= 4 is 12.1 Å². The molecule has 1 saturated heterocycles. The Bertz CT molecular complexity index is 1250. The second kappa shape index (κ2) is 17.2. The van der Waals surface area contributed by atoms with Gasteiger partial charge in [-0.15, -0.1) is 0 Å². The van der Waals surface area contributed by atoms with Gasteiger partial charge in [0.05, 0.1) is 12.2 Å². The number of carbonyl (C=O) groups excluding carboxylic acids is 2. The predicted octanol–water partition coefficient (Wildman–Crippen LogP) is 9.18. The molecular weight excluding hydrogens is 544 g/mol. The molecule has 1 heterocycles. The van der Waals surface area contributed by atoms with Gasteiger partial charge < -0.3 is 23.7 Å². The molecule has 0 amide bonds. The van der Waals surface area contributed by atoms with Gasteiger partial charge in [0, 0.05) is 0 Å². The van der Waals surface area contributed by atoms with E-state index in [0.29, 0.717) is 23.7 Å². The van der Waals surface area contributed by atoms with Crippen LogP contribution in [0.5, 0.6) is 17.2 Å². The van der Waals surface area contributed by atoms with Crippen molar-refractivity contribution in [2.75, 3.05) is 13.2 Å². The molecule has 1 aliphatic rings. The average Bonchev–Trinajstić information content (AvgIpc) is 3.39. The molecule has 0 saturated carbocycles. The number of carbonyl (C=O) groups is 2. The van der Waals surface area contributed by atoms with Crippen LogP contribution in [0.2, 0.25) is 0 Å². The zero-order valence-electron chi connectivity index (χ0n) is 25.4. The molecule has 7 heteroatoms. The lowest BCUT2D eigenvalue weighted by Gasteiger charge is -2.15. The Kier molecular flexibility index (Phi) is 12.8. The Balaban J connectivity index is 1.18. The van der Waals surface area contributed by atoms with E-state index >= 15 is 0 Å². The van der Waals surface area contributed by atoms with Gasteiger partial charge in [-0.1, -0.05) is 89.5 Å². The third kappa shape index (κ3) is 10.3. The zero-order chi connectivity index (χ0) is 30.3. The molecule has 4 rings (SSSR count). The Morgan fingerprint density at radius 2 is 1.16 bits per heavy atom. The van der Waals surface area contributed by atoms with E-state index < -0.39 is 18.2 Å². The summed E-state index contributed by atoms with van der Waals surface area (Å²) in [5.41, 5.74) is 2.44. The molecule has 2 unspecified atom stereocenters. The summed E-state index contributed by atoms with van der Waals surface area (Å²) >= 11 is 0. The first-order chi connectivity index (χ1) is 21.1. The molecule has 0 radical (unpaired) electrons. The lowest BCUT2D eigenvalue weighted by atomic mass is 10.1. The van der Waals surface area contributed by atoms with Gasteiger partial charge in [0.15, 0.2) is 6.10 Å².